The average Bonchev–Trinajstić information content (AvgIpc) is 3.27. The monoisotopic (exact) mass is 354 g/mol. The van der Waals surface area contributed by atoms with Crippen molar-refractivity contribution >= 4 is 42.8 Å². The summed E-state index contributed by atoms with van der Waals surface area (Å²) in [5.41, 5.74) is 6.84. The van der Waals surface area contributed by atoms with Crippen LogP contribution < -0.4 is 0 Å². The second-order valence-corrected chi connectivity index (χ2v) is 9.00. The zero-order valence-electron chi connectivity index (χ0n) is 13.7. The third-order valence-electron chi connectivity index (χ3n) is 5.14. The molecule has 6 rings (SSSR count). The van der Waals surface area contributed by atoms with E-state index in [1.54, 1.807) is 0 Å². The molecule has 1 aliphatic rings. The van der Waals surface area contributed by atoms with Crippen LogP contribution in [0.15, 0.2) is 66.7 Å². The zero-order chi connectivity index (χ0) is 16.5. The number of fused-ring (bicyclic) bond motifs is 4. The summed E-state index contributed by atoms with van der Waals surface area (Å²) in [5, 5.41) is 2.78. The first-order valence-electron chi connectivity index (χ1n) is 8.45. The van der Waals surface area contributed by atoms with Gasteiger partial charge in [0.2, 0.25) is 0 Å². The minimum Gasteiger partial charge on any atom is -0.140 e. The number of benzene rings is 3. The normalized spacial score (nSPS) is 12.2. The molecule has 0 fully saturated rings. The van der Waals surface area contributed by atoms with E-state index in [2.05, 4.69) is 73.7 Å². The van der Waals surface area contributed by atoms with Gasteiger partial charge in [0, 0.05) is 19.2 Å². The molecule has 3 aromatic carbocycles. The molecule has 0 nitrogen and oxygen atoms in total. The molecule has 0 aliphatic heterocycles. The molecule has 0 radical (unpaired) electrons. The predicted octanol–water partition coefficient (Wildman–Crippen LogP) is 7.74. The van der Waals surface area contributed by atoms with E-state index in [1.165, 1.54) is 57.7 Å². The quantitative estimate of drug-likeness (QED) is 0.283. The van der Waals surface area contributed by atoms with Crippen molar-refractivity contribution in [1.29, 1.82) is 0 Å². The van der Waals surface area contributed by atoms with Gasteiger partial charge in [-0.05, 0) is 57.6 Å². The van der Waals surface area contributed by atoms with Crippen LogP contribution in [-0.2, 0) is 0 Å². The van der Waals surface area contributed by atoms with Gasteiger partial charge in [-0.15, -0.1) is 22.7 Å². The molecule has 5 aromatic rings. The first-order chi connectivity index (χ1) is 12.3. The van der Waals surface area contributed by atoms with Gasteiger partial charge in [0.15, 0.2) is 0 Å². The second-order valence-electron chi connectivity index (χ2n) is 6.63. The lowest BCUT2D eigenvalue weighted by atomic mass is 9.98. The Hall–Kier alpha value is -2.42. The first kappa shape index (κ1) is 13.8. The summed E-state index contributed by atoms with van der Waals surface area (Å²) >= 11 is 3.80. The summed E-state index contributed by atoms with van der Waals surface area (Å²) in [4.78, 5) is 2.77. The Balaban J connectivity index is 1.68. The first-order valence-corrected chi connectivity index (χ1v) is 10.1. The maximum Gasteiger partial charge on any atom is 0.0459 e. The lowest BCUT2D eigenvalue weighted by Gasteiger charge is -2.07. The molecule has 0 N–H and O–H groups in total. The van der Waals surface area contributed by atoms with Gasteiger partial charge < -0.3 is 0 Å². The summed E-state index contributed by atoms with van der Waals surface area (Å²) in [6.45, 7) is 2.19. The van der Waals surface area contributed by atoms with Crippen LogP contribution in [0.3, 0.4) is 0 Å². The largest absolute Gasteiger partial charge is 0.140 e. The topological polar surface area (TPSA) is 0 Å². The van der Waals surface area contributed by atoms with Crippen molar-refractivity contribution in [3.05, 3.63) is 71.6 Å². The Bertz CT molecular complexity index is 1240. The van der Waals surface area contributed by atoms with Crippen LogP contribution in [-0.4, -0.2) is 0 Å². The molecule has 0 saturated carbocycles. The molecule has 0 amide bonds. The van der Waals surface area contributed by atoms with Gasteiger partial charge in [-0.3, -0.25) is 0 Å². The molecule has 1 aliphatic carbocycles. The molecule has 0 spiro atoms. The van der Waals surface area contributed by atoms with Crippen LogP contribution in [0.1, 0.15) is 4.88 Å². The van der Waals surface area contributed by atoms with Crippen LogP contribution in [0.25, 0.3) is 52.9 Å². The number of hydrogen-bond donors (Lipinski definition) is 0. The molecule has 0 atom stereocenters. The molecule has 0 unspecified atom stereocenters. The SMILES string of the molecule is Cc1cc2sc(-c3ccc4c5c(cccc35)-c3ccccc3-4)cc2s1. The summed E-state index contributed by atoms with van der Waals surface area (Å²) in [6.07, 6.45) is 0. The molecule has 2 heteroatoms. The highest BCUT2D eigenvalue weighted by Gasteiger charge is 2.22. The number of hydrogen-bond acceptors (Lipinski definition) is 2. The predicted molar refractivity (Wildman–Crippen MR) is 112 cm³/mol. The van der Waals surface area contributed by atoms with Gasteiger partial charge in [0.1, 0.15) is 0 Å². The van der Waals surface area contributed by atoms with Gasteiger partial charge in [0.05, 0.1) is 0 Å². The Morgan fingerprint density at radius 3 is 2.08 bits per heavy atom. The third kappa shape index (κ3) is 1.81. The second kappa shape index (κ2) is 4.81. The highest BCUT2D eigenvalue weighted by molar-refractivity contribution is 7.29. The molecule has 25 heavy (non-hydrogen) atoms. The van der Waals surface area contributed by atoms with Crippen molar-refractivity contribution in [2.24, 2.45) is 0 Å². The van der Waals surface area contributed by atoms with Gasteiger partial charge in [0.25, 0.3) is 0 Å². The van der Waals surface area contributed by atoms with E-state index in [0.717, 1.165) is 0 Å². The summed E-state index contributed by atoms with van der Waals surface area (Å²) in [5.74, 6) is 0. The van der Waals surface area contributed by atoms with E-state index in [-0.39, 0.29) is 0 Å². The van der Waals surface area contributed by atoms with Crippen LogP contribution in [0.2, 0.25) is 0 Å². The van der Waals surface area contributed by atoms with E-state index in [0.29, 0.717) is 0 Å². The van der Waals surface area contributed by atoms with Gasteiger partial charge in [-0.1, -0.05) is 54.6 Å². The maximum absolute atomic E-state index is 2.36. The third-order valence-corrected chi connectivity index (χ3v) is 7.39. The van der Waals surface area contributed by atoms with Crippen molar-refractivity contribution < 1.29 is 0 Å². The Morgan fingerprint density at radius 2 is 1.28 bits per heavy atom. The van der Waals surface area contributed by atoms with Crippen LogP contribution >= 0.6 is 22.7 Å². The number of aryl methyl sites for hydroxylation is 1. The standard InChI is InChI=1S/C23H14S2/c1-13-11-21-22(24-13)12-20(25-21)16-9-10-19-15-6-3-2-5-14(15)17-7-4-8-18(16)23(17)19/h2-12H,1H3. The van der Waals surface area contributed by atoms with Crippen LogP contribution in [0.5, 0.6) is 0 Å². The van der Waals surface area contributed by atoms with Crippen molar-refractivity contribution in [2.75, 3.05) is 0 Å². The molecule has 2 heterocycles. The van der Waals surface area contributed by atoms with Gasteiger partial charge in [-0.25, -0.2) is 0 Å². The average molecular weight is 354 g/mol. The van der Waals surface area contributed by atoms with E-state index < -0.39 is 0 Å². The van der Waals surface area contributed by atoms with Crippen LogP contribution in [0, 0.1) is 6.92 Å². The van der Waals surface area contributed by atoms with Crippen molar-refractivity contribution in [2.45, 2.75) is 6.92 Å². The summed E-state index contributed by atoms with van der Waals surface area (Å²) in [6, 6.07) is 24.8. The number of thiophene rings is 2. The Morgan fingerprint density at radius 1 is 0.600 bits per heavy atom. The van der Waals surface area contributed by atoms with Crippen molar-refractivity contribution in [3.8, 4) is 32.7 Å². The van der Waals surface area contributed by atoms with E-state index in [9.17, 15) is 0 Å². The smallest absolute Gasteiger partial charge is 0.0459 e. The lowest BCUT2D eigenvalue weighted by molar-refractivity contribution is 1.66. The van der Waals surface area contributed by atoms with Crippen molar-refractivity contribution in [1.82, 2.24) is 0 Å². The minimum atomic E-state index is 1.36. The highest BCUT2D eigenvalue weighted by Crippen LogP contribution is 2.50. The fourth-order valence-corrected chi connectivity index (χ4v) is 6.47. The van der Waals surface area contributed by atoms with Crippen LogP contribution in [0.4, 0.5) is 0 Å². The lowest BCUT2D eigenvalue weighted by Crippen LogP contribution is -1.80. The van der Waals surface area contributed by atoms with E-state index in [4.69, 9.17) is 0 Å². The van der Waals surface area contributed by atoms with Gasteiger partial charge in [-0.2, -0.15) is 0 Å². The number of rotatable bonds is 1. The molecule has 0 bridgehead atoms. The van der Waals surface area contributed by atoms with Crippen molar-refractivity contribution in [3.63, 3.8) is 0 Å². The molecule has 0 saturated heterocycles. The molecular formula is C23H14S2. The summed E-state index contributed by atoms with van der Waals surface area (Å²) in [7, 11) is 0. The molecule has 2 aromatic heterocycles. The molecular weight excluding hydrogens is 340 g/mol. The maximum atomic E-state index is 2.36. The Kier molecular flexibility index (Phi) is 2.66. The zero-order valence-corrected chi connectivity index (χ0v) is 15.3. The fraction of sp³-hybridized carbons (Fsp3) is 0.0435. The molecule has 118 valence electrons. The fourth-order valence-electron chi connectivity index (χ4n) is 4.11. The Labute approximate surface area is 154 Å². The van der Waals surface area contributed by atoms with E-state index in [1.807, 2.05) is 22.7 Å². The van der Waals surface area contributed by atoms with Gasteiger partial charge >= 0.3 is 0 Å². The summed E-state index contributed by atoms with van der Waals surface area (Å²) < 4.78 is 2.81. The minimum absolute atomic E-state index is 1.36. The van der Waals surface area contributed by atoms with E-state index >= 15 is 0 Å². The highest BCUT2D eigenvalue weighted by atomic mass is 32.1.